The van der Waals surface area contributed by atoms with Crippen molar-refractivity contribution in [2.75, 3.05) is 0 Å². The largest absolute Gasteiger partial charge is 0.481 e. The SMILES string of the molecule is CC(=O)O[C@H]1[C@H](O)C[C@@]2(C)[C@H](CC[C@]3(C)[C@@H]2C=C[C@@H]2[C@@H]4CC(C)(C)CC[C@]4(C(=O)O)CC[C@]23C)C1(C)C. The van der Waals surface area contributed by atoms with Crippen LogP contribution in [0.4, 0.5) is 0 Å². The number of hydrogen-bond acceptors (Lipinski definition) is 4. The van der Waals surface area contributed by atoms with Crippen molar-refractivity contribution in [2.24, 2.45) is 56.2 Å². The summed E-state index contributed by atoms with van der Waals surface area (Å²) in [5, 5.41) is 21.9. The molecule has 0 aromatic carbocycles. The molecule has 4 fully saturated rings. The maximum absolute atomic E-state index is 12.8. The Balaban J connectivity index is 1.57. The number of carboxylic acid groups (broad SMARTS) is 1. The van der Waals surface area contributed by atoms with E-state index in [9.17, 15) is 19.8 Å². The third-order valence-electron chi connectivity index (χ3n) is 13.3. The molecule has 37 heavy (non-hydrogen) atoms. The highest BCUT2D eigenvalue weighted by Crippen LogP contribution is 2.75. The van der Waals surface area contributed by atoms with Gasteiger partial charge in [-0.3, -0.25) is 9.59 Å². The highest BCUT2D eigenvalue weighted by molar-refractivity contribution is 5.76. The number of aliphatic hydroxyl groups excluding tert-OH is 1. The van der Waals surface area contributed by atoms with Gasteiger partial charge in [-0.25, -0.2) is 0 Å². The lowest BCUT2D eigenvalue weighted by Crippen LogP contribution is -2.68. The van der Waals surface area contributed by atoms with Crippen LogP contribution >= 0.6 is 0 Å². The van der Waals surface area contributed by atoms with Gasteiger partial charge in [0.25, 0.3) is 0 Å². The molecule has 0 bridgehead atoms. The molecule has 10 atom stereocenters. The van der Waals surface area contributed by atoms with E-state index in [1.54, 1.807) is 0 Å². The summed E-state index contributed by atoms with van der Waals surface area (Å²) in [4.78, 5) is 24.7. The summed E-state index contributed by atoms with van der Waals surface area (Å²) in [6.45, 7) is 17.8. The van der Waals surface area contributed by atoms with Crippen LogP contribution in [-0.2, 0) is 14.3 Å². The zero-order valence-electron chi connectivity index (χ0n) is 24.4. The minimum Gasteiger partial charge on any atom is -0.481 e. The third kappa shape index (κ3) is 3.50. The first kappa shape index (κ1) is 27.2. The molecule has 0 saturated heterocycles. The monoisotopic (exact) mass is 514 g/mol. The number of esters is 1. The van der Waals surface area contributed by atoms with Gasteiger partial charge in [0, 0.05) is 12.3 Å². The van der Waals surface area contributed by atoms with Crippen LogP contribution in [0.25, 0.3) is 0 Å². The van der Waals surface area contributed by atoms with Crippen LogP contribution in [0.5, 0.6) is 0 Å². The number of aliphatic hydroxyl groups is 1. The minimum atomic E-state index is -0.688. The maximum Gasteiger partial charge on any atom is 0.309 e. The number of rotatable bonds is 2. The van der Waals surface area contributed by atoms with Crippen LogP contribution in [0, 0.1) is 56.2 Å². The lowest BCUT2D eigenvalue weighted by Gasteiger charge is -2.72. The molecule has 0 aromatic heterocycles. The Morgan fingerprint density at radius 3 is 2.14 bits per heavy atom. The van der Waals surface area contributed by atoms with E-state index in [4.69, 9.17) is 4.74 Å². The van der Waals surface area contributed by atoms with Crippen LogP contribution in [0.1, 0.15) is 107 Å². The van der Waals surface area contributed by atoms with Crippen molar-refractivity contribution in [3.63, 3.8) is 0 Å². The van der Waals surface area contributed by atoms with Crippen LogP contribution < -0.4 is 0 Å². The summed E-state index contributed by atoms with van der Waals surface area (Å²) in [6, 6.07) is 0. The average Bonchev–Trinajstić information content (AvgIpc) is 2.76. The molecule has 0 unspecified atom stereocenters. The summed E-state index contributed by atoms with van der Waals surface area (Å²) < 4.78 is 5.73. The van der Waals surface area contributed by atoms with Gasteiger partial charge in [0.1, 0.15) is 6.10 Å². The van der Waals surface area contributed by atoms with E-state index in [-0.39, 0.29) is 44.9 Å². The first-order valence-electron chi connectivity index (χ1n) is 14.7. The molecule has 2 N–H and O–H groups in total. The van der Waals surface area contributed by atoms with Crippen LogP contribution in [0.3, 0.4) is 0 Å². The van der Waals surface area contributed by atoms with Gasteiger partial charge in [0.05, 0.1) is 11.5 Å². The molecule has 0 spiro atoms. The molecule has 5 rings (SSSR count). The molecular weight excluding hydrogens is 464 g/mol. The molecular formula is C32H50O5. The molecule has 0 aromatic rings. The van der Waals surface area contributed by atoms with E-state index in [1.807, 2.05) is 0 Å². The molecule has 208 valence electrons. The topological polar surface area (TPSA) is 83.8 Å². The minimum absolute atomic E-state index is 0.0132. The Kier molecular flexibility index (Phi) is 5.95. The second-order valence-electron chi connectivity index (χ2n) is 15.9. The Morgan fingerprint density at radius 2 is 1.51 bits per heavy atom. The third-order valence-corrected chi connectivity index (χ3v) is 13.3. The number of carbonyl (C=O) groups is 2. The molecule has 5 heteroatoms. The van der Waals surface area contributed by atoms with Gasteiger partial charge in [-0.05, 0) is 96.7 Å². The van der Waals surface area contributed by atoms with Crippen molar-refractivity contribution in [2.45, 2.75) is 119 Å². The van der Waals surface area contributed by atoms with Gasteiger partial charge in [-0.15, -0.1) is 0 Å². The first-order valence-corrected chi connectivity index (χ1v) is 14.7. The van der Waals surface area contributed by atoms with Gasteiger partial charge < -0.3 is 14.9 Å². The number of allylic oxidation sites excluding steroid dienone is 2. The highest BCUT2D eigenvalue weighted by atomic mass is 16.6. The molecule has 0 radical (unpaired) electrons. The second kappa shape index (κ2) is 8.08. The van der Waals surface area contributed by atoms with Gasteiger partial charge in [0.15, 0.2) is 0 Å². The molecule has 0 heterocycles. The predicted octanol–water partition coefficient (Wildman–Crippen LogP) is 6.63. The van der Waals surface area contributed by atoms with E-state index >= 15 is 0 Å². The lowest BCUT2D eigenvalue weighted by atomic mass is 9.32. The first-order chi connectivity index (χ1) is 16.9. The summed E-state index contributed by atoms with van der Waals surface area (Å²) in [7, 11) is 0. The van der Waals surface area contributed by atoms with E-state index in [1.165, 1.54) is 6.92 Å². The second-order valence-corrected chi connectivity index (χ2v) is 15.9. The Bertz CT molecular complexity index is 1010. The zero-order chi connectivity index (χ0) is 27.4. The molecule has 5 nitrogen and oxygen atoms in total. The predicted molar refractivity (Wildman–Crippen MR) is 144 cm³/mol. The standard InChI is InChI=1S/C32H50O5/c1-19(33)37-25-22(34)18-29(6)23(28(25,4)5)11-12-31(8)24(29)10-9-20-21-17-27(2,3)13-15-32(21,26(35)36)16-14-30(20,31)7/h9-10,20-25,34H,11-18H2,1-8H3,(H,35,36)/t20-,21+,22-,23-,24-,25+,29+,30-,31-,32+/m1/s1. The number of hydrogen-bond donors (Lipinski definition) is 2. The normalized spacial score (nSPS) is 51.6. The lowest BCUT2D eigenvalue weighted by molar-refractivity contribution is -0.244. The fourth-order valence-electron chi connectivity index (χ4n) is 11.2. The van der Waals surface area contributed by atoms with Crippen molar-refractivity contribution in [1.82, 2.24) is 0 Å². The fraction of sp³-hybridized carbons (Fsp3) is 0.875. The van der Waals surface area contributed by atoms with Crippen LogP contribution in [0.2, 0.25) is 0 Å². The number of fused-ring (bicyclic) bond motifs is 7. The summed E-state index contributed by atoms with van der Waals surface area (Å²) in [5.74, 6) is 0.128. The molecule has 4 saturated carbocycles. The van der Waals surface area contributed by atoms with Gasteiger partial charge in [-0.2, -0.15) is 0 Å². The van der Waals surface area contributed by atoms with Crippen molar-refractivity contribution < 1.29 is 24.5 Å². The number of carboxylic acids is 1. The van der Waals surface area contributed by atoms with Crippen molar-refractivity contribution in [1.29, 1.82) is 0 Å². The quantitative estimate of drug-likeness (QED) is 0.319. The van der Waals surface area contributed by atoms with Gasteiger partial charge >= 0.3 is 11.9 Å². The molecule has 0 amide bonds. The number of carbonyl (C=O) groups excluding carboxylic acids is 1. The number of aliphatic carboxylic acids is 1. The van der Waals surface area contributed by atoms with Crippen molar-refractivity contribution >= 4 is 11.9 Å². The van der Waals surface area contributed by atoms with E-state index in [0.717, 1.165) is 44.9 Å². The summed E-state index contributed by atoms with van der Waals surface area (Å²) in [6.07, 6.45) is 10.9. The van der Waals surface area contributed by atoms with Crippen LogP contribution in [0.15, 0.2) is 12.2 Å². The van der Waals surface area contributed by atoms with Gasteiger partial charge in [0.2, 0.25) is 0 Å². The summed E-state index contributed by atoms with van der Waals surface area (Å²) >= 11 is 0. The summed E-state index contributed by atoms with van der Waals surface area (Å²) in [5.41, 5.74) is -0.851. The Labute approximate surface area is 223 Å². The van der Waals surface area contributed by atoms with Crippen molar-refractivity contribution in [3.8, 4) is 0 Å². The van der Waals surface area contributed by atoms with E-state index in [0.29, 0.717) is 18.3 Å². The Morgan fingerprint density at radius 1 is 0.865 bits per heavy atom. The fourth-order valence-corrected chi connectivity index (χ4v) is 11.2. The molecule has 5 aliphatic rings. The van der Waals surface area contributed by atoms with E-state index in [2.05, 4.69) is 60.6 Å². The Hall–Kier alpha value is -1.36. The molecule has 0 aliphatic heterocycles. The number of ether oxygens (including phenoxy) is 1. The average molecular weight is 515 g/mol. The van der Waals surface area contributed by atoms with Gasteiger partial charge in [-0.1, -0.05) is 60.6 Å². The smallest absolute Gasteiger partial charge is 0.309 e. The highest BCUT2D eigenvalue weighted by Gasteiger charge is 2.71. The van der Waals surface area contributed by atoms with E-state index < -0.39 is 23.6 Å². The zero-order valence-corrected chi connectivity index (χ0v) is 24.4. The maximum atomic E-state index is 12.8. The molecule has 5 aliphatic carbocycles. The van der Waals surface area contributed by atoms with Crippen molar-refractivity contribution in [3.05, 3.63) is 12.2 Å². The van der Waals surface area contributed by atoms with Crippen LogP contribution in [-0.4, -0.2) is 34.4 Å².